The number of nitrogens with one attached hydrogen (secondary N) is 2. The number of primary amides is 1. The van der Waals surface area contributed by atoms with Gasteiger partial charge in [-0.05, 0) is 38.1 Å². The van der Waals surface area contributed by atoms with Gasteiger partial charge in [0.2, 0.25) is 17.7 Å². The molecule has 0 saturated heterocycles. The van der Waals surface area contributed by atoms with E-state index >= 15 is 0 Å². The number of nitrogens with two attached hydrogens (primary N) is 2. The molecule has 0 fully saturated rings. The fourth-order valence-electron chi connectivity index (χ4n) is 2.42. The minimum atomic E-state index is -0.705. The number of carbonyl (C=O) groups is 3. The van der Waals surface area contributed by atoms with E-state index in [-0.39, 0.29) is 23.7 Å². The minimum Gasteiger partial charge on any atom is -0.368 e. The van der Waals surface area contributed by atoms with E-state index < -0.39 is 18.0 Å². The van der Waals surface area contributed by atoms with Crippen molar-refractivity contribution in [2.45, 2.75) is 71.9 Å². The monoisotopic (exact) mass is 342 g/mol. The highest BCUT2D eigenvalue weighted by molar-refractivity contribution is 5.91. The van der Waals surface area contributed by atoms with Gasteiger partial charge in [0.15, 0.2) is 0 Å². The molecule has 0 aromatic rings. The Balaban J connectivity index is 4.88. The zero-order chi connectivity index (χ0) is 18.7. The zero-order valence-corrected chi connectivity index (χ0v) is 15.4. The van der Waals surface area contributed by atoms with E-state index in [1.54, 1.807) is 0 Å². The van der Waals surface area contributed by atoms with Gasteiger partial charge in [0, 0.05) is 5.92 Å². The summed E-state index contributed by atoms with van der Waals surface area (Å²) in [5.74, 6) is -1.08. The van der Waals surface area contributed by atoms with Crippen molar-refractivity contribution < 1.29 is 14.4 Å². The van der Waals surface area contributed by atoms with Crippen molar-refractivity contribution in [2.24, 2.45) is 23.3 Å². The van der Waals surface area contributed by atoms with E-state index in [0.717, 1.165) is 12.8 Å². The van der Waals surface area contributed by atoms with Gasteiger partial charge in [0.1, 0.15) is 12.1 Å². The predicted molar refractivity (Wildman–Crippen MR) is 94.9 cm³/mol. The SMILES string of the molecule is CCC[C@H](NC(=O)[C@@H](CC(C)C)NC(=O)[C@@H](C)CCCN)C(N)=O. The first-order valence-corrected chi connectivity index (χ1v) is 8.82. The molecule has 0 rings (SSSR count). The molecule has 3 atom stereocenters. The summed E-state index contributed by atoms with van der Waals surface area (Å²) in [6, 6.07) is -1.37. The molecule has 0 heterocycles. The van der Waals surface area contributed by atoms with Crippen LogP contribution in [0.5, 0.6) is 0 Å². The van der Waals surface area contributed by atoms with Gasteiger partial charge < -0.3 is 22.1 Å². The summed E-state index contributed by atoms with van der Waals surface area (Å²) < 4.78 is 0. The van der Waals surface area contributed by atoms with E-state index in [9.17, 15) is 14.4 Å². The van der Waals surface area contributed by atoms with Crippen LogP contribution in [0.15, 0.2) is 0 Å². The van der Waals surface area contributed by atoms with Crippen molar-refractivity contribution in [3.8, 4) is 0 Å². The molecule has 0 saturated carbocycles. The second kappa shape index (κ2) is 11.8. The summed E-state index contributed by atoms with van der Waals surface area (Å²) in [4.78, 5) is 36.2. The van der Waals surface area contributed by atoms with Gasteiger partial charge in [0.05, 0.1) is 0 Å². The van der Waals surface area contributed by atoms with Crippen LogP contribution in [0.2, 0.25) is 0 Å². The quantitative estimate of drug-likeness (QED) is 0.415. The third kappa shape index (κ3) is 8.86. The van der Waals surface area contributed by atoms with Crippen LogP contribution in [0.4, 0.5) is 0 Å². The van der Waals surface area contributed by atoms with Crippen LogP contribution in [-0.2, 0) is 14.4 Å². The largest absolute Gasteiger partial charge is 0.368 e. The van der Waals surface area contributed by atoms with Crippen LogP contribution in [0, 0.1) is 11.8 Å². The lowest BCUT2D eigenvalue weighted by molar-refractivity contribution is -0.133. The van der Waals surface area contributed by atoms with E-state index in [2.05, 4.69) is 10.6 Å². The maximum atomic E-state index is 12.5. The molecule has 0 aromatic carbocycles. The molecule has 0 unspecified atom stereocenters. The number of amides is 3. The Labute approximate surface area is 145 Å². The van der Waals surface area contributed by atoms with Gasteiger partial charge in [-0.2, -0.15) is 0 Å². The lowest BCUT2D eigenvalue weighted by Crippen LogP contribution is -2.53. The Kier molecular flexibility index (Phi) is 11.0. The molecule has 7 nitrogen and oxygen atoms in total. The van der Waals surface area contributed by atoms with Crippen molar-refractivity contribution >= 4 is 17.7 Å². The first kappa shape index (κ1) is 22.4. The lowest BCUT2D eigenvalue weighted by atomic mass is 9.99. The molecule has 0 spiro atoms. The Morgan fingerprint density at radius 2 is 1.54 bits per heavy atom. The van der Waals surface area contributed by atoms with Gasteiger partial charge in [-0.3, -0.25) is 14.4 Å². The summed E-state index contributed by atoms with van der Waals surface area (Å²) >= 11 is 0. The molecule has 140 valence electrons. The van der Waals surface area contributed by atoms with Crippen LogP contribution in [0.1, 0.15) is 59.8 Å². The summed E-state index contributed by atoms with van der Waals surface area (Å²) in [6.07, 6.45) is 3.15. The van der Waals surface area contributed by atoms with E-state index in [0.29, 0.717) is 25.8 Å². The maximum Gasteiger partial charge on any atom is 0.243 e. The summed E-state index contributed by atoms with van der Waals surface area (Å²) in [6.45, 7) is 8.21. The van der Waals surface area contributed by atoms with Crippen LogP contribution < -0.4 is 22.1 Å². The van der Waals surface area contributed by atoms with Gasteiger partial charge in [-0.1, -0.05) is 34.1 Å². The molecule has 0 aromatic heterocycles. The molecule has 0 bridgehead atoms. The van der Waals surface area contributed by atoms with Crippen LogP contribution >= 0.6 is 0 Å². The van der Waals surface area contributed by atoms with Gasteiger partial charge >= 0.3 is 0 Å². The third-order valence-electron chi connectivity index (χ3n) is 3.87. The van der Waals surface area contributed by atoms with Gasteiger partial charge in [-0.15, -0.1) is 0 Å². The molecule has 7 heteroatoms. The molecule has 3 amide bonds. The zero-order valence-electron chi connectivity index (χ0n) is 15.4. The van der Waals surface area contributed by atoms with Gasteiger partial charge in [0.25, 0.3) is 0 Å². The highest BCUT2D eigenvalue weighted by Crippen LogP contribution is 2.10. The molecule has 0 aliphatic heterocycles. The van der Waals surface area contributed by atoms with Crippen molar-refractivity contribution in [3.63, 3.8) is 0 Å². The number of hydrogen-bond donors (Lipinski definition) is 4. The topological polar surface area (TPSA) is 127 Å². The fraction of sp³-hybridized carbons (Fsp3) is 0.824. The summed E-state index contributed by atoms with van der Waals surface area (Å²) in [7, 11) is 0. The normalized spacial score (nSPS) is 14.8. The molecule has 0 radical (unpaired) electrons. The highest BCUT2D eigenvalue weighted by atomic mass is 16.2. The maximum absolute atomic E-state index is 12.5. The standard InChI is InChI=1S/C17H34N4O3/c1-5-7-13(15(19)22)20-17(24)14(10-11(2)3)21-16(23)12(4)8-6-9-18/h11-14H,5-10,18H2,1-4H3,(H2,19,22)(H,20,24)(H,21,23)/t12-,13-,14+/m0/s1. The van der Waals surface area contributed by atoms with E-state index in [1.807, 2.05) is 27.7 Å². The third-order valence-corrected chi connectivity index (χ3v) is 3.87. The predicted octanol–water partition coefficient (Wildman–Crippen LogP) is 0.663. The Bertz CT molecular complexity index is 413. The first-order chi connectivity index (χ1) is 11.2. The van der Waals surface area contributed by atoms with Crippen LogP contribution in [0.3, 0.4) is 0 Å². The fourth-order valence-corrected chi connectivity index (χ4v) is 2.42. The Morgan fingerprint density at radius 3 is 2.00 bits per heavy atom. The second-order valence-corrected chi connectivity index (χ2v) is 6.77. The molecule has 0 aliphatic rings. The highest BCUT2D eigenvalue weighted by Gasteiger charge is 2.27. The van der Waals surface area contributed by atoms with Gasteiger partial charge in [-0.25, -0.2) is 0 Å². The Hall–Kier alpha value is -1.63. The van der Waals surface area contributed by atoms with Crippen molar-refractivity contribution in [1.29, 1.82) is 0 Å². The van der Waals surface area contributed by atoms with Crippen molar-refractivity contribution in [3.05, 3.63) is 0 Å². The lowest BCUT2D eigenvalue weighted by Gasteiger charge is -2.24. The molecule has 24 heavy (non-hydrogen) atoms. The van der Waals surface area contributed by atoms with Crippen LogP contribution in [-0.4, -0.2) is 36.3 Å². The molecular weight excluding hydrogens is 308 g/mol. The average Bonchev–Trinajstić information content (AvgIpc) is 2.50. The number of hydrogen-bond acceptors (Lipinski definition) is 4. The molecule has 6 N–H and O–H groups in total. The number of carbonyl (C=O) groups excluding carboxylic acids is 3. The smallest absolute Gasteiger partial charge is 0.243 e. The second-order valence-electron chi connectivity index (χ2n) is 6.77. The van der Waals surface area contributed by atoms with E-state index in [1.165, 1.54) is 0 Å². The van der Waals surface area contributed by atoms with Crippen molar-refractivity contribution in [1.82, 2.24) is 10.6 Å². The molecule has 0 aliphatic carbocycles. The Morgan fingerprint density at radius 1 is 0.958 bits per heavy atom. The minimum absolute atomic E-state index is 0.171. The molecular formula is C17H34N4O3. The first-order valence-electron chi connectivity index (χ1n) is 8.82. The van der Waals surface area contributed by atoms with Crippen LogP contribution in [0.25, 0.3) is 0 Å². The summed E-state index contributed by atoms with van der Waals surface area (Å²) in [5, 5.41) is 5.46. The number of rotatable bonds is 12. The van der Waals surface area contributed by atoms with E-state index in [4.69, 9.17) is 11.5 Å². The summed E-state index contributed by atoms with van der Waals surface area (Å²) in [5.41, 5.74) is 10.8. The average molecular weight is 342 g/mol. The van der Waals surface area contributed by atoms with Crippen molar-refractivity contribution in [2.75, 3.05) is 6.54 Å².